The first-order valence-electron chi connectivity index (χ1n) is 7.29. The van der Waals surface area contributed by atoms with Crippen molar-refractivity contribution in [2.75, 3.05) is 12.9 Å². The number of nitrogens with zero attached hydrogens (tertiary/aromatic N) is 1. The summed E-state index contributed by atoms with van der Waals surface area (Å²) in [5, 5.41) is 15.2. The van der Waals surface area contributed by atoms with Gasteiger partial charge in [-0.2, -0.15) is 11.8 Å². The lowest BCUT2D eigenvalue weighted by Crippen LogP contribution is -2.26. The van der Waals surface area contributed by atoms with Crippen LogP contribution in [0.3, 0.4) is 0 Å². The molecule has 0 bridgehead atoms. The maximum absolute atomic E-state index is 10.9. The molecule has 0 amide bonds. The summed E-state index contributed by atoms with van der Waals surface area (Å²) in [7, 11) is 1.53. The minimum atomic E-state index is -0.379. The molecule has 0 heterocycles. The summed E-state index contributed by atoms with van der Waals surface area (Å²) in [5.41, 5.74) is 0.977. The van der Waals surface area contributed by atoms with Crippen molar-refractivity contribution >= 4 is 17.4 Å². The minimum Gasteiger partial charge on any atom is -0.496 e. The van der Waals surface area contributed by atoms with Gasteiger partial charge in [-0.3, -0.25) is 10.1 Å². The molecule has 1 saturated carbocycles. The molecule has 0 aliphatic heterocycles. The average Bonchev–Trinajstić information content (AvgIpc) is 2.93. The molecule has 1 aliphatic carbocycles. The number of benzene rings is 1. The van der Waals surface area contributed by atoms with E-state index >= 15 is 0 Å². The maximum Gasteiger partial charge on any atom is 0.273 e. The van der Waals surface area contributed by atoms with Gasteiger partial charge in [0.05, 0.1) is 18.1 Å². The summed E-state index contributed by atoms with van der Waals surface area (Å²) < 4.78 is 5.13. The van der Waals surface area contributed by atoms with Gasteiger partial charge in [0, 0.05) is 23.9 Å². The molecule has 116 valence electrons. The summed E-state index contributed by atoms with van der Waals surface area (Å²) in [4.78, 5) is 10.5. The molecule has 0 aromatic heterocycles. The van der Waals surface area contributed by atoms with Gasteiger partial charge in [-0.05, 0) is 36.6 Å². The van der Waals surface area contributed by atoms with Crippen LogP contribution < -0.4 is 10.1 Å². The topological polar surface area (TPSA) is 64.4 Å². The normalized spacial score (nSPS) is 21.4. The van der Waals surface area contributed by atoms with Gasteiger partial charge in [0.25, 0.3) is 5.69 Å². The summed E-state index contributed by atoms with van der Waals surface area (Å²) in [6.45, 7) is 2.84. The molecule has 5 nitrogen and oxygen atoms in total. The van der Waals surface area contributed by atoms with Crippen molar-refractivity contribution in [2.45, 2.75) is 44.0 Å². The lowest BCUT2D eigenvalue weighted by Gasteiger charge is -2.13. The number of nitrogens with one attached hydrogen (secondary N) is 1. The van der Waals surface area contributed by atoms with E-state index < -0.39 is 0 Å². The number of ether oxygens (including phenoxy) is 1. The molecule has 1 N–H and O–H groups in total. The zero-order valence-electron chi connectivity index (χ0n) is 12.5. The van der Waals surface area contributed by atoms with Crippen LogP contribution in [0.2, 0.25) is 0 Å². The van der Waals surface area contributed by atoms with Gasteiger partial charge in [-0.1, -0.05) is 6.92 Å². The summed E-state index contributed by atoms with van der Waals surface area (Å²) in [5.74, 6) is 1.70. The number of non-ortho nitro benzene ring substituents is 1. The van der Waals surface area contributed by atoms with Crippen LogP contribution in [-0.2, 0) is 6.54 Å². The summed E-state index contributed by atoms with van der Waals surface area (Å²) in [6.07, 6.45) is 3.63. The molecule has 1 fully saturated rings. The van der Waals surface area contributed by atoms with E-state index in [4.69, 9.17) is 4.74 Å². The van der Waals surface area contributed by atoms with E-state index in [1.54, 1.807) is 6.07 Å². The molecule has 2 unspecified atom stereocenters. The van der Waals surface area contributed by atoms with E-state index in [1.807, 2.05) is 17.8 Å². The highest BCUT2D eigenvalue weighted by atomic mass is 32.2. The number of thioether (sulfide) groups is 1. The first-order chi connectivity index (χ1) is 10.1. The third-order valence-electron chi connectivity index (χ3n) is 3.78. The van der Waals surface area contributed by atoms with E-state index in [0.717, 1.165) is 10.8 Å². The van der Waals surface area contributed by atoms with Crippen molar-refractivity contribution in [3.8, 4) is 5.75 Å². The highest BCUT2D eigenvalue weighted by molar-refractivity contribution is 7.99. The molecular weight excluding hydrogens is 288 g/mol. The highest BCUT2D eigenvalue weighted by Gasteiger charge is 2.24. The molecule has 0 saturated heterocycles. The molecule has 2 rings (SSSR count). The zero-order chi connectivity index (χ0) is 15.2. The van der Waals surface area contributed by atoms with Crippen LogP contribution in [0.1, 0.15) is 31.7 Å². The molecule has 1 aromatic carbocycles. The van der Waals surface area contributed by atoms with Crippen molar-refractivity contribution < 1.29 is 9.66 Å². The van der Waals surface area contributed by atoms with Crippen LogP contribution in [0, 0.1) is 10.1 Å². The fourth-order valence-corrected chi connectivity index (χ4v) is 3.89. The Morgan fingerprint density at radius 2 is 2.24 bits per heavy atom. The van der Waals surface area contributed by atoms with Crippen molar-refractivity contribution in [3.63, 3.8) is 0 Å². The van der Waals surface area contributed by atoms with Crippen LogP contribution >= 0.6 is 11.8 Å². The molecule has 6 heteroatoms. The monoisotopic (exact) mass is 310 g/mol. The van der Waals surface area contributed by atoms with Gasteiger partial charge < -0.3 is 10.1 Å². The Morgan fingerprint density at radius 1 is 1.43 bits per heavy atom. The molecular formula is C15H22N2O3S. The van der Waals surface area contributed by atoms with Crippen LogP contribution in [-0.4, -0.2) is 29.1 Å². The van der Waals surface area contributed by atoms with Crippen LogP contribution in [0.15, 0.2) is 18.2 Å². The largest absolute Gasteiger partial charge is 0.496 e. The highest BCUT2D eigenvalue weighted by Crippen LogP contribution is 2.30. The van der Waals surface area contributed by atoms with Crippen LogP contribution in [0.5, 0.6) is 5.75 Å². The lowest BCUT2D eigenvalue weighted by molar-refractivity contribution is -0.385. The number of hydrogen-bond donors (Lipinski definition) is 1. The Morgan fingerprint density at radius 3 is 2.90 bits per heavy atom. The van der Waals surface area contributed by atoms with E-state index in [0.29, 0.717) is 18.3 Å². The SMILES string of the molecule is CCSC1CCC(NCc2cc(OC)cc([N+](=O)[O-])c2)C1. The quantitative estimate of drug-likeness (QED) is 0.618. The lowest BCUT2D eigenvalue weighted by atomic mass is 10.1. The Labute approximate surface area is 129 Å². The van der Waals surface area contributed by atoms with E-state index in [9.17, 15) is 10.1 Å². The third-order valence-corrected chi connectivity index (χ3v) is 5.01. The smallest absolute Gasteiger partial charge is 0.273 e. The fraction of sp³-hybridized carbons (Fsp3) is 0.600. The van der Waals surface area contributed by atoms with Crippen molar-refractivity contribution in [2.24, 2.45) is 0 Å². The van der Waals surface area contributed by atoms with Gasteiger partial charge >= 0.3 is 0 Å². The van der Waals surface area contributed by atoms with E-state index in [2.05, 4.69) is 12.2 Å². The Balaban J connectivity index is 1.94. The molecule has 1 aliphatic rings. The van der Waals surface area contributed by atoms with Gasteiger partial charge in [-0.25, -0.2) is 0 Å². The van der Waals surface area contributed by atoms with E-state index in [1.165, 1.54) is 38.2 Å². The number of rotatable bonds is 7. The third kappa shape index (κ3) is 4.61. The standard InChI is InChI=1S/C15H22N2O3S/c1-3-21-15-5-4-12(8-15)16-10-11-6-13(17(18)19)9-14(7-11)20-2/h6-7,9,12,15-16H,3-5,8,10H2,1-2H3. The predicted molar refractivity (Wildman–Crippen MR) is 86.0 cm³/mol. The first-order valence-corrected chi connectivity index (χ1v) is 8.34. The molecule has 0 spiro atoms. The fourth-order valence-electron chi connectivity index (χ4n) is 2.74. The van der Waals surface area contributed by atoms with Crippen molar-refractivity contribution in [1.29, 1.82) is 0 Å². The predicted octanol–water partition coefficient (Wildman–Crippen LogP) is 3.37. The van der Waals surface area contributed by atoms with Crippen LogP contribution in [0.4, 0.5) is 5.69 Å². The van der Waals surface area contributed by atoms with Crippen molar-refractivity contribution in [3.05, 3.63) is 33.9 Å². The molecule has 1 aromatic rings. The second kappa shape index (κ2) is 7.66. The summed E-state index contributed by atoms with van der Waals surface area (Å²) >= 11 is 2.03. The zero-order valence-corrected chi connectivity index (χ0v) is 13.3. The second-order valence-electron chi connectivity index (χ2n) is 5.26. The van der Waals surface area contributed by atoms with Gasteiger partial charge in [0.15, 0.2) is 0 Å². The molecule has 2 atom stereocenters. The number of nitro groups is 1. The summed E-state index contributed by atoms with van der Waals surface area (Å²) in [6, 6.07) is 5.43. The van der Waals surface area contributed by atoms with Gasteiger partial charge in [0.2, 0.25) is 0 Å². The van der Waals surface area contributed by atoms with Gasteiger partial charge in [-0.15, -0.1) is 0 Å². The minimum absolute atomic E-state index is 0.0805. The Bertz CT molecular complexity index is 496. The Hall–Kier alpha value is -1.27. The molecule has 21 heavy (non-hydrogen) atoms. The first kappa shape index (κ1) is 16.1. The maximum atomic E-state index is 10.9. The average molecular weight is 310 g/mol. The van der Waals surface area contributed by atoms with Gasteiger partial charge in [0.1, 0.15) is 5.75 Å². The Kier molecular flexibility index (Phi) is 5.87. The second-order valence-corrected chi connectivity index (χ2v) is 6.84. The number of methoxy groups -OCH3 is 1. The number of hydrogen-bond acceptors (Lipinski definition) is 5. The molecule has 0 radical (unpaired) electrons. The number of nitro benzene ring substituents is 1. The van der Waals surface area contributed by atoms with Crippen molar-refractivity contribution in [1.82, 2.24) is 5.32 Å². The van der Waals surface area contributed by atoms with E-state index in [-0.39, 0.29) is 10.6 Å². The van der Waals surface area contributed by atoms with Crippen LogP contribution in [0.25, 0.3) is 0 Å².